The first-order valence-corrected chi connectivity index (χ1v) is 8.14. The van der Waals surface area contributed by atoms with Gasteiger partial charge >= 0.3 is 5.97 Å². The molecule has 0 aliphatic carbocycles. The second-order valence-corrected chi connectivity index (χ2v) is 7.51. The molecule has 0 saturated carbocycles. The van der Waals surface area contributed by atoms with Crippen molar-refractivity contribution in [3.8, 4) is 0 Å². The molecular weight excluding hydrogens is 344 g/mol. The molecule has 102 valence electrons. The van der Waals surface area contributed by atoms with E-state index >= 15 is 0 Å². The molecule has 3 N–H and O–H groups in total. The SMILES string of the molecule is CNCCCNS(=O)(=O)c1cc(C(=O)O)sc1Br. The predicted octanol–water partition coefficient (Wildman–Crippen LogP) is 1.10. The van der Waals surface area contributed by atoms with E-state index in [1.54, 1.807) is 7.05 Å². The molecule has 0 aliphatic heterocycles. The van der Waals surface area contributed by atoms with Gasteiger partial charge in [-0.1, -0.05) is 0 Å². The standard InChI is InChI=1S/C9H13BrN2O4S2/c1-11-3-2-4-12-18(15,16)7-5-6(9(13)14)17-8(7)10/h5,11-12H,2-4H2,1H3,(H,13,14). The molecular formula is C9H13BrN2O4S2. The van der Waals surface area contributed by atoms with Crippen molar-refractivity contribution in [2.45, 2.75) is 11.3 Å². The highest BCUT2D eigenvalue weighted by Crippen LogP contribution is 2.31. The van der Waals surface area contributed by atoms with Gasteiger partial charge in [-0.05, 0) is 42.0 Å². The summed E-state index contributed by atoms with van der Waals surface area (Å²) in [7, 11) is -1.88. The van der Waals surface area contributed by atoms with Crippen LogP contribution in [0.15, 0.2) is 14.7 Å². The molecule has 0 spiro atoms. The largest absolute Gasteiger partial charge is 0.477 e. The lowest BCUT2D eigenvalue weighted by atomic mass is 10.4. The monoisotopic (exact) mass is 356 g/mol. The fourth-order valence-electron chi connectivity index (χ4n) is 1.19. The minimum Gasteiger partial charge on any atom is -0.477 e. The number of carbonyl (C=O) groups is 1. The molecule has 0 amide bonds. The first-order valence-electron chi connectivity index (χ1n) is 5.05. The Kier molecular flexibility index (Phi) is 5.73. The number of carboxylic acids is 1. The number of hydrogen-bond acceptors (Lipinski definition) is 5. The van der Waals surface area contributed by atoms with Crippen molar-refractivity contribution in [2.75, 3.05) is 20.1 Å². The summed E-state index contributed by atoms with van der Waals surface area (Å²) >= 11 is 3.95. The number of halogens is 1. The van der Waals surface area contributed by atoms with Crippen LogP contribution in [0.4, 0.5) is 0 Å². The Bertz CT molecular complexity index is 527. The first kappa shape index (κ1) is 15.6. The highest BCUT2D eigenvalue weighted by atomic mass is 79.9. The van der Waals surface area contributed by atoms with E-state index in [9.17, 15) is 13.2 Å². The zero-order valence-corrected chi connectivity index (χ0v) is 12.8. The Morgan fingerprint density at radius 2 is 2.17 bits per heavy atom. The normalized spacial score (nSPS) is 11.7. The summed E-state index contributed by atoms with van der Waals surface area (Å²) in [6, 6.07) is 1.15. The van der Waals surface area contributed by atoms with Crippen LogP contribution in [0, 0.1) is 0 Å². The van der Waals surface area contributed by atoms with Gasteiger partial charge in [0.1, 0.15) is 9.77 Å². The van der Waals surface area contributed by atoms with E-state index in [4.69, 9.17) is 5.11 Å². The van der Waals surface area contributed by atoms with Crippen molar-refractivity contribution in [1.29, 1.82) is 0 Å². The number of sulfonamides is 1. The molecule has 0 aliphatic rings. The van der Waals surface area contributed by atoms with Gasteiger partial charge in [0.15, 0.2) is 0 Å². The second-order valence-electron chi connectivity index (χ2n) is 3.41. The second kappa shape index (κ2) is 6.62. The fourth-order valence-corrected chi connectivity index (χ4v) is 4.67. The van der Waals surface area contributed by atoms with Gasteiger partial charge in [0.25, 0.3) is 0 Å². The maximum Gasteiger partial charge on any atom is 0.345 e. The van der Waals surface area contributed by atoms with Gasteiger partial charge < -0.3 is 10.4 Å². The molecule has 0 saturated heterocycles. The molecule has 0 unspecified atom stereocenters. The first-order chi connectivity index (χ1) is 8.38. The van der Waals surface area contributed by atoms with Crippen molar-refractivity contribution < 1.29 is 18.3 Å². The predicted molar refractivity (Wildman–Crippen MR) is 72.7 cm³/mol. The van der Waals surface area contributed by atoms with Crippen LogP contribution in [-0.4, -0.2) is 39.6 Å². The minimum absolute atomic E-state index is 0.0162. The van der Waals surface area contributed by atoms with E-state index in [-0.39, 0.29) is 9.77 Å². The summed E-state index contributed by atoms with van der Waals surface area (Å²) in [6.45, 7) is 1.00. The maximum absolute atomic E-state index is 11.9. The summed E-state index contributed by atoms with van der Waals surface area (Å²) in [5.74, 6) is -1.14. The molecule has 0 fully saturated rings. The summed E-state index contributed by atoms with van der Waals surface area (Å²) in [6.07, 6.45) is 0.656. The van der Waals surface area contributed by atoms with E-state index < -0.39 is 16.0 Å². The quantitative estimate of drug-likeness (QED) is 0.635. The van der Waals surface area contributed by atoms with Crippen LogP contribution in [0.25, 0.3) is 0 Å². The van der Waals surface area contributed by atoms with E-state index in [0.717, 1.165) is 17.4 Å². The van der Waals surface area contributed by atoms with Crippen LogP contribution in [0.5, 0.6) is 0 Å². The number of carboxylic acid groups (broad SMARTS) is 1. The van der Waals surface area contributed by atoms with Crippen LogP contribution >= 0.6 is 27.3 Å². The Labute approximate surface area is 118 Å². The molecule has 0 atom stereocenters. The zero-order valence-electron chi connectivity index (χ0n) is 9.57. The van der Waals surface area contributed by atoms with Gasteiger partial charge in [-0.25, -0.2) is 17.9 Å². The molecule has 9 heteroatoms. The number of thiophene rings is 1. The Balaban J connectivity index is 2.81. The van der Waals surface area contributed by atoms with Gasteiger partial charge in [-0.3, -0.25) is 0 Å². The fraction of sp³-hybridized carbons (Fsp3) is 0.444. The van der Waals surface area contributed by atoms with Crippen molar-refractivity contribution in [3.05, 3.63) is 14.7 Å². The number of hydrogen-bond donors (Lipinski definition) is 3. The average molecular weight is 357 g/mol. The summed E-state index contributed by atoms with van der Waals surface area (Å²) in [5.41, 5.74) is 0. The van der Waals surface area contributed by atoms with Gasteiger partial charge in [-0.15, -0.1) is 11.3 Å². The van der Waals surface area contributed by atoms with Crippen LogP contribution < -0.4 is 10.0 Å². The van der Waals surface area contributed by atoms with Crippen LogP contribution in [0.2, 0.25) is 0 Å². The van der Waals surface area contributed by atoms with Crippen LogP contribution in [0.1, 0.15) is 16.1 Å². The van der Waals surface area contributed by atoms with E-state index in [1.165, 1.54) is 0 Å². The molecule has 6 nitrogen and oxygen atoms in total. The molecule has 0 aromatic carbocycles. The summed E-state index contributed by atoms with van der Waals surface area (Å²) in [5, 5.41) is 11.7. The van der Waals surface area contributed by atoms with Gasteiger partial charge in [0.05, 0.1) is 3.79 Å². The smallest absolute Gasteiger partial charge is 0.345 e. The zero-order chi connectivity index (χ0) is 13.8. The highest BCUT2D eigenvalue weighted by Gasteiger charge is 2.22. The van der Waals surface area contributed by atoms with E-state index in [2.05, 4.69) is 26.0 Å². The molecule has 18 heavy (non-hydrogen) atoms. The van der Waals surface area contributed by atoms with E-state index in [1.807, 2.05) is 0 Å². The lowest BCUT2D eigenvalue weighted by Gasteiger charge is -2.05. The molecule has 1 aromatic heterocycles. The lowest BCUT2D eigenvalue weighted by molar-refractivity contribution is 0.0702. The third-order valence-electron chi connectivity index (χ3n) is 2.05. The Morgan fingerprint density at radius 3 is 2.67 bits per heavy atom. The summed E-state index contributed by atoms with van der Waals surface area (Å²) in [4.78, 5) is 10.7. The third kappa shape index (κ3) is 4.02. The van der Waals surface area contributed by atoms with Crippen LogP contribution in [0.3, 0.4) is 0 Å². The van der Waals surface area contributed by atoms with Gasteiger partial charge in [0, 0.05) is 6.54 Å². The third-order valence-corrected chi connectivity index (χ3v) is 5.75. The maximum atomic E-state index is 11.9. The Morgan fingerprint density at radius 1 is 1.50 bits per heavy atom. The molecule has 1 rings (SSSR count). The van der Waals surface area contributed by atoms with Gasteiger partial charge in [0.2, 0.25) is 10.0 Å². The molecule has 1 aromatic rings. The van der Waals surface area contributed by atoms with Gasteiger partial charge in [-0.2, -0.15) is 0 Å². The lowest BCUT2D eigenvalue weighted by Crippen LogP contribution is -2.26. The topological polar surface area (TPSA) is 95.5 Å². The minimum atomic E-state index is -3.66. The van der Waals surface area contributed by atoms with E-state index in [0.29, 0.717) is 23.3 Å². The number of nitrogens with one attached hydrogen (secondary N) is 2. The van der Waals surface area contributed by atoms with Crippen molar-refractivity contribution in [2.24, 2.45) is 0 Å². The van der Waals surface area contributed by atoms with Crippen LogP contribution in [-0.2, 0) is 10.0 Å². The van der Waals surface area contributed by atoms with Crippen molar-refractivity contribution in [3.63, 3.8) is 0 Å². The molecule has 1 heterocycles. The number of rotatable bonds is 7. The summed E-state index contributed by atoms with van der Waals surface area (Å²) < 4.78 is 26.5. The molecule has 0 radical (unpaired) electrons. The van der Waals surface area contributed by atoms with Crippen molar-refractivity contribution >= 4 is 43.3 Å². The van der Waals surface area contributed by atoms with Crippen molar-refractivity contribution in [1.82, 2.24) is 10.0 Å². The Hall–Kier alpha value is -0.480. The molecule has 0 bridgehead atoms. The number of aromatic carboxylic acids is 1. The average Bonchev–Trinajstić information content (AvgIpc) is 2.68. The highest BCUT2D eigenvalue weighted by molar-refractivity contribution is 9.11.